The van der Waals surface area contributed by atoms with Crippen LogP contribution in [-0.2, 0) is 60.5 Å². The molecule has 4 aromatic rings. The van der Waals surface area contributed by atoms with Gasteiger partial charge in [-0.2, -0.15) is 0 Å². The lowest BCUT2D eigenvalue weighted by molar-refractivity contribution is -0.155. The topological polar surface area (TPSA) is 238 Å². The normalized spacial score (nSPS) is 28.6. The van der Waals surface area contributed by atoms with Crippen molar-refractivity contribution in [2.75, 3.05) is 28.4 Å². The Bertz CT molecular complexity index is 2220. The molecule has 4 saturated carbocycles. The molecule has 4 aromatic heterocycles. The van der Waals surface area contributed by atoms with Gasteiger partial charge < -0.3 is 39.4 Å². The van der Waals surface area contributed by atoms with E-state index in [0.717, 1.165) is 97.1 Å². The molecule has 4 N–H and O–H groups in total. The van der Waals surface area contributed by atoms with E-state index in [1.807, 2.05) is 49.2 Å². The zero-order valence-corrected chi connectivity index (χ0v) is 53.5. The van der Waals surface area contributed by atoms with Gasteiger partial charge in [0.05, 0.1) is 52.1 Å². The number of esters is 4. The molecule has 0 spiro atoms. The van der Waals surface area contributed by atoms with Crippen LogP contribution >= 0.6 is 45.3 Å². The Labute approximate surface area is 491 Å². The number of thiazole rings is 4. The van der Waals surface area contributed by atoms with E-state index >= 15 is 0 Å². The molecule has 0 saturated heterocycles. The van der Waals surface area contributed by atoms with Crippen LogP contribution < -0.4 is 0 Å². The molecule has 8 rings (SSSR count). The van der Waals surface area contributed by atoms with E-state index in [1.54, 1.807) is 24.8 Å². The first kappa shape index (κ1) is 67.0. The molecular formula is C60H92N4O12S4. The van der Waals surface area contributed by atoms with Crippen LogP contribution in [0.1, 0.15) is 180 Å². The van der Waals surface area contributed by atoms with Gasteiger partial charge in [-0.1, -0.05) is 55.4 Å². The fourth-order valence-corrected chi connectivity index (χ4v) is 16.5. The predicted octanol–water partition coefficient (Wildman–Crippen LogP) is 11.9. The number of rotatable bonds is 12. The van der Waals surface area contributed by atoms with Crippen LogP contribution in [0.3, 0.4) is 0 Å². The molecule has 0 radical (unpaired) electrons. The van der Waals surface area contributed by atoms with E-state index in [1.165, 1.54) is 73.8 Å². The van der Waals surface area contributed by atoms with E-state index in [4.69, 9.17) is 18.9 Å². The maximum absolute atomic E-state index is 11.9. The third kappa shape index (κ3) is 15.5. The van der Waals surface area contributed by atoms with Gasteiger partial charge in [-0.25, -0.2) is 19.9 Å². The summed E-state index contributed by atoms with van der Waals surface area (Å²) in [7, 11) is 5.76. The summed E-state index contributed by atoms with van der Waals surface area (Å²) in [5.74, 6) is -0.434. The summed E-state index contributed by atoms with van der Waals surface area (Å²) in [5, 5.41) is 54.0. The van der Waals surface area contributed by atoms with Crippen molar-refractivity contribution in [3.8, 4) is 0 Å². The van der Waals surface area contributed by atoms with E-state index in [-0.39, 0.29) is 92.9 Å². The first-order valence-corrected chi connectivity index (χ1v) is 31.5. The smallest absolute Gasteiger partial charge is 0.309 e. The van der Waals surface area contributed by atoms with Crippen molar-refractivity contribution in [1.29, 1.82) is 0 Å². The number of aliphatic hydroxyl groups is 4. The van der Waals surface area contributed by atoms with Crippen molar-refractivity contribution >= 4 is 69.2 Å². The van der Waals surface area contributed by atoms with Crippen LogP contribution in [0.2, 0.25) is 0 Å². The van der Waals surface area contributed by atoms with Gasteiger partial charge in [0.2, 0.25) is 0 Å². The molecule has 0 amide bonds. The average molecular weight is 1190 g/mol. The van der Waals surface area contributed by atoms with Crippen LogP contribution in [0.4, 0.5) is 0 Å². The van der Waals surface area contributed by atoms with Crippen molar-refractivity contribution in [2.24, 2.45) is 69.0 Å². The lowest BCUT2D eigenvalue weighted by atomic mass is 9.61. The summed E-state index contributed by atoms with van der Waals surface area (Å²) in [6.07, 6.45) is 16.3. The van der Waals surface area contributed by atoms with Crippen molar-refractivity contribution in [3.63, 3.8) is 0 Å². The largest absolute Gasteiger partial charge is 0.469 e. The minimum Gasteiger partial charge on any atom is -0.469 e. The van der Waals surface area contributed by atoms with Gasteiger partial charge in [-0.3, -0.25) is 19.2 Å². The van der Waals surface area contributed by atoms with Crippen LogP contribution in [-0.4, -0.2) is 92.7 Å². The number of nitrogens with zero attached hydrogens (tertiary/aromatic N) is 4. The second-order valence-electron chi connectivity index (χ2n) is 26.1. The summed E-state index contributed by atoms with van der Waals surface area (Å²) in [5.41, 5.74) is -4.37. The number of aromatic nitrogens is 4. The molecule has 20 heteroatoms. The molecular weight excluding hydrogens is 1100 g/mol. The third-order valence-electron chi connectivity index (χ3n) is 18.7. The van der Waals surface area contributed by atoms with E-state index < -0.39 is 22.4 Å². The number of hydrogen-bond donors (Lipinski definition) is 4. The first-order valence-electron chi connectivity index (χ1n) is 28.0. The lowest BCUT2D eigenvalue weighted by Gasteiger charge is -2.45. The van der Waals surface area contributed by atoms with Gasteiger partial charge >= 0.3 is 23.9 Å². The fourth-order valence-electron chi connectivity index (χ4n) is 13.4. The van der Waals surface area contributed by atoms with Gasteiger partial charge in [0.1, 0.15) is 42.4 Å². The summed E-state index contributed by atoms with van der Waals surface area (Å²) in [4.78, 5) is 64.5. The van der Waals surface area contributed by atoms with Crippen molar-refractivity contribution < 1.29 is 58.6 Å². The van der Waals surface area contributed by atoms with Crippen molar-refractivity contribution in [1.82, 2.24) is 19.9 Å². The lowest BCUT2D eigenvalue weighted by Crippen LogP contribution is -2.44. The molecule has 4 aliphatic rings. The Morgan fingerprint density at radius 3 is 0.688 bits per heavy atom. The zero-order chi connectivity index (χ0) is 59.9. The monoisotopic (exact) mass is 1190 g/mol. The third-order valence-corrected chi connectivity index (χ3v) is 22.7. The van der Waals surface area contributed by atoms with Crippen LogP contribution in [0.5, 0.6) is 0 Å². The maximum Gasteiger partial charge on any atom is 0.309 e. The van der Waals surface area contributed by atoms with Gasteiger partial charge in [0, 0.05) is 46.3 Å². The van der Waals surface area contributed by atoms with Gasteiger partial charge in [0.25, 0.3) is 0 Å². The molecule has 16 nitrogen and oxygen atoms in total. The minimum atomic E-state index is -0.924. The van der Waals surface area contributed by atoms with Crippen LogP contribution in [0.15, 0.2) is 46.3 Å². The van der Waals surface area contributed by atoms with Crippen molar-refractivity contribution in [2.45, 2.75) is 183 Å². The first-order chi connectivity index (χ1) is 37.1. The Kier molecular flexibility index (Phi) is 22.5. The average Bonchev–Trinajstić information content (AvgIpc) is 4.26. The Morgan fingerprint density at radius 2 is 0.562 bits per heavy atom. The molecule has 448 valence electrons. The highest BCUT2D eigenvalue weighted by Gasteiger charge is 2.52. The number of hydrogen-bond acceptors (Lipinski definition) is 20. The molecule has 0 aliphatic heterocycles. The molecule has 0 aromatic carbocycles. The number of carbonyl (C=O) groups excluding carboxylic acids is 4. The SMILES string of the molecule is COC(=O)[C@H]1CC[C@@H]([C@@](C)(O)c2nccs2)CC1(C)C.COC(=O)[C@H]1CC[C@@H]([C@](C)(O)c2nccs2)CC1(C)C.COC(=O)[C@H]1CC[C@H]([C@@](C)(O)c2nccs2)CC1(C)C.COC(=O)[C@H]1CC[C@H]([C@](C)(O)c2nccs2)CC1(C)C. The van der Waals surface area contributed by atoms with Crippen molar-refractivity contribution in [3.05, 3.63) is 66.3 Å². The number of ether oxygens (including phenoxy) is 4. The molecule has 4 aliphatic carbocycles. The number of methoxy groups -OCH3 is 4. The van der Waals surface area contributed by atoms with E-state index in [2.05, 4.69) is 75.3 Å². The summed E-state index contributed by atoms with van der Waals surface area (Å²) in [6, 6.07) is 0. The second kappa shape index (κ2) is 26.9. The van der Waals surface area contributed by atoms with Crippen LogP contribution in [0.25, 0.3) is 0 Å². The molecule has 80 heavy (non-hydrogen) atoms. The zero-order valence-electron chi connectivity index (χ0n) is 50.2. The Morgan fingerprint density at radius 1 is 0.388 bits per heavy atom. The maximum atomic E-state index is 11.9. The Balaban J connectivity index is 0.000000196. The summed E-state index contributed by atoms with van der Waals surface area (Å²) < 4.78 is 19.6. The molecule has 12 atom stereocenters. The van der Waals surface area contributed by atoms with E-state index in [0.29, 0.717) is 0 Å². The van der Waals surface area contributed by atoms with Gasteiger partial charge in [0.15, 0.2) is 0 Å². The summed E-state index contributed by atoms with van der Waals surface area (Å²) >= 11 is 5.93. The van der Waals surface area contributed by atoms with E-state index in [9.17, 15) is 39.6 Å². The second-order valence-corrected chi connectivity index (χ2v) is 29.7. The van der Waals surface area contributed by atoms with Crippen LogP contribution in [0, 0.1) is 69.0 Å². The molecule has 4 heterocycles. The van der Waals surface area contributed by atoms with Gasteiger partial charge in [-0.05, 0) is 150 Å². The number of carbonyl (C=O) groups is 4. The Hall–Kier alpha value is -3.76. The molecule has 0 unspecified atom stereocenters. The van der Waals surface area contributed by atoms with Gasteiger partial charge in [-0.15, -0.1) is 45.3 Å². The highest BCUT2D eigenvalue weighted by atomic mass is 32.1. The minimum absolute atomic E-state index is 0.0872. The highest BCUT2D eigenvalue weighted by Crippen LogP contribution is 2.54. The highest BCUT2D eigenvalue weighted by molar-refractivity contribution is 7.10. The summed E-state index contributed by atoms with van der Waals surface area (Å²) in [6.45, 7) is 24.0. The predicted molar refractivity (Wildman–Crippen MR) is 313 cm³/mol. The molecule has 4 fully saturated rings. The fraction of sp³-hybridized carbons (Fsp3) is 0.733. The standard InChI is InChI=1S/4C15H23NO3S/c4*1-14(2)9-10(5-6-11(14)12(17)19-4)15(3,18)13-16-7-8-20-13/h4*7-8,10-11,18H,5-6,9H2,1-4H3/t10-,11+,15+;10-,11+,15-;10-,11-,15+;10-,11-,15-/m0011/s1. The molecule has 0 bridgehead atoms. The quantitative estimate of drug-likeness (QED) is 0.0762.